The van der Waals surface area contributed by atoms with Gasteiger partial charge in [-0.3, -0.25) is 4.79 Å². The molecule has 2 rings (SSSR count). The van der Waals surface area contributed by atoms with Gasteiger partial charge in [-0.2, -0.15) is 0 Å². The first-order valence-corrected chi connectivity index (χ1v) is 7.57. The topological polar surface area (TPSA) is 33.2 Å². The number of aromatic nitrogens is 1. The quantitative estimate of drug-likeness (QED) is 0.779. The van der Waals surface area contributed by atoms with Crippen LogP contribution in [0.3, 0.4) is 0 Å². The van der Waals surface area contributed by atoms with Gasteiger partial charge >= 0.3 is 0 Å². The zero-order valence-corrected chi connectivity index (χ0v) is 13.5. The van der Waals surface area contributed by atoms with Crippen molar-refractivity contribution >= 4 is 33.9 Å². The molecule has 0 fully saturated rings. The minimum atomic E-state index is 0.0602. The summed E-state index contributed by atoms with van der Waals surface area (Å²) >= 11 is 7.67. The third-order valence-electron chi connectivity index (χ3n) is 3.34. The zero-order valence-electron chi connectivity index (χ0n) is 12.0. The molecule has 0 N–H and O–H groups in total. The Morgan fingerprint density at radius 2 is 2.05 bits per heavy atom. The summed E-state index contributed by atoms with van der Waals surface area (Å²) in [5.74, 6) is 0.0602. The molecule has 0 spiro atoms. The normalized spacial score (nSPS) is 12.2. The Morgan fingerprint density at radius 1 is 1.40 bits per heavy atom. The first-order chi connectivity index (χ1) is 9.41. The monoisotopic (exact) mass is 308 g/mol. The van der Waals surface area contributed by atoms with E-state index >= 15 is 0 Å². The molecule has 0 amide bonds. The predicted molar refractivity (Wildman–Crippen MR) is 85.1 cm³/mol. The molecule has 0 saturated heterocycles. The van der Waals surface area contributed by atoms with E-state index in [1.54, 1.807) is 6.92 Å². The van der Waals surface area contributed by atoms with Crippen LogP contribution in [0, 0.1) is 6.92 Å². The highest BCUT2D eigenvalue weighted by Crippen LogP contribution is 2.33. The molecule has 1 atom stereocenters. The van der Waals surface area contributed by atoms with Gasteiger partial charge in [-0.25, -0.2) is 4.98 Å². The smallest absolute Gasteiger partial charge is 0.186 e. The van der Waals surface area contributed by atoms with E-state index in [-0.39, 0.29) is 11.8 Å². The van der Waals surface area contributed by atoms with E-state index in [1.807, 2.05) is 43.1 Å². The number of thiazole rings is 1. The Balaban J connectivity index is 2.32. The van der Waals surface area contributed by atoms with Gasteiger partial charge in [0, 0.05) is 19.0 Å². The van der Waals surface area contributed by atoms with Gasteiger partial charge in [0.2, 0.25) is 0 Å². The molecule has 0 aliphatic carbocycles. The van der Waals surface area contributed by atoms with Gasteiger partial charge in [-0.05, 0) is 25.5 Å². The Bertz CT molecular complexity index is 639. The van der Waals surface area contributed by atoms with Crippen molar-refractivity contribution in [3.05, 3.63) is 45.4 Å². The number of nitrogens with zero attached hydrogens (tertiary/aromatic N) is 2. The summed E-state index contributed by atoms with van der Waals surface area (Å²) in [5.41, 5.74) is 1.84. The number of hydrogen-bond donors (Lipinski definition) is 0. The molecular formula is C15H17ClN2OS. The van der Waals surface area contributed by atoms with Gasteiger partial charge in [-0.15, -0.1) is 0 Å². The van der Waals surface area contributed by atoms with Crippen LogP contribution in [-0.2, 0) is 0 Å². The SMILES string of the molecule is CC(=O)c1sc(N(C)C(C)c2ccccc2Cl)nc1C. The number of anilines is 1. The standard InChI is InChI=1S/C15H17ClN2OS/c1-9-14(11(3)19)20-15(17-9)18(4)10(2)12-7-5-6-8-13(12)16/h5-8,10H,1-4H3. The molecule has 1 unspecified atom stereocenters. The van der Waals surface area contributed by atoms with Crippen LogP contribution < -0.4 is 4.90 Å². The molecule has 106 valence electrons. The largest absolute Gasteiger partial charge is 0.344 e. The molecule has 0 bridgehead atoms. The fraction of sp³-hybridized carbons (Fsp3) is 0.333. The van der Waals surface area contributed by atoms with Gasteiger partial charge in [0.1, 0.15) is 0 Å². The summed E-state index contributed by atoms with van der Waals surface area (Å²) in [6.45, 7) is 5.51. The third kappa shape index (κ3) is 2.86. The summed E-state index contributed by atoms with van der Waals surface area (Å²) in [6.07, 6.45) is 0. The third-order valence-corrected chi connectivity index (χ3v) is 5.04. The Hall–Kier alpha value is -1.39. The number of ketones is 1. The molecule has 0 aliphatic heterocycles. The van der Waals surface area contributed by atoms with E-state index in [1.165, 1.54) is 11.3 Å². The maximum Gasteiger partial charge on any atom is 0.186 e. The van der Waals surface area contributed by atoms with Crippen molar-refractivity contribution in [1.29, 1.82) is 0 Å². The van der Waals surface area contributed by atoms with E-state index < -0.39 is 0 Å². The van der Waals surface area contributed by atoms with Crippen molar-refractivity contribution in [2.45, 2.75) is 26.8 Å². The van der Waals surface area contributed by atoms with Crippen LogP contribution in [-0.4, -0.2) is 17.8 Å². The van der Waals surface area contributed by atoms with Crippen LogP contribution in [0.15, 0.2) is 24.3 Å². The molecule has 0 saturated carbocycles. The number of aryl methyl sites for hydroxylation is 1. The molecular weight excluding hydrogens is 292 g/mol. The number of carbonyl (C=O) groups is 1. The van der Waals surface area contributed by atoms with Crippen molar-refractivity contribution in [2.24, 2.45) is 0 Å². The maximum atomic E-state index is 11.5. The van der Waals surface area contributed by atoms with Crippen LogP contribution >= 0.6 is 22.9 Å². The van der Waals surface area contributed by atoms with Crippen molar-refractivity contribution in [1.82, 2.24) is 4.98 Å². The second-order valence-electron chi connectivity index (χ2n) is 4.78. The lowest BCUT2D eigenvalue weighted by Crippen LogP contribution is -2.21. The van der Waals surface area contributed by atoms with Crippen LogP contribution in [0.2, 0.25) is 5.02 Å². The molecule has 20 heavy (non-hydrogen) atoms. The van der Waals surface area contributed by atoms with Crippen LogP contribution in [0.1, 0.15) is 40.8 Å². The van der Waals surface area contributed by atoms with Crippen molar-refractivity contribution in [3.8, 4) is 0 Å². The summed E-state index contributed by atoms with van der Waals surface area (Å²) in [4.78, 5) is 18.8. The summed E-state index contributed by atoms with van der Waals surface area (Å²) in [7, 11) is 1.97. The number of benzene rings is 1. The fourth-order valence-corrected chi connectivity index (χ4v) is 3.35. The first kappa shape index (κ1) is 15.0. The van der Waals surface area contributed by atoms with E-state index in [0.717, 1.165) is 26.3 Å². The highest BCUT2D eigenvalue weighted by atomic mass is 35.5. The molecule has 0 aliphatic rings. The summed E-state index contributed by atoms with van der Waals surface area (Å²) in [6, 6.07) is 7.87. The lowest BCUT2D eigenvalue weighted by atomic mass is 10.1. The second-order valence-corrected chi connectivity index (χ2v) is 6.16. The van der Waals surface area contributed by atoms with Crippen molar-refractivity contribution in [2.75, 3.05) is 11.9 Å². The molecule has 3 nitrogen and oxygen atoms in total. The van der Waals surface area contributed by atoms with Crippen molar-refractivity contribution < 1.29 is 4.79 Å². The molecule has 1 aromatic carbocycles. The maximum absolute atomic E-state index is 11.5. The molecule has 5 heteroatoms. The second kappa shape index (κ2) is 5.94. The molecule has 1 aromatic heterocycles. The average molecular weight is 309 g/mol. The highest BCUT2D eigenvalue weighted by molar-refractivity contribution is 7.17. The highest BCUT2D eigenvalue weighted by Gasteiger charge is 2.20. The van der Waals surface area contributed by atoms with Crippen LogP contribution in [0.25, 0.3) is 0 Å². The molecule has 1 heterocycles. The summed E-state index contributed by atoms with van der Waals surface area (Å²) < 4.78 is 0. The fourth-order valence-electron chi connectivity index (χ4n) is 2.05. The number of halogens is 1. The first-order valence-electron chi connectivity index (χ1n) is 6.37. The Kier molecular flexibility index (Phi) is 4.45. The van der Waals surface area contributed by atoms with Crippen LogP contribution in [0.5, 0.6) is 0 Å². The van der Waals surface area contributed by atoms with E-state index in [9.17, 15) is 4.79 Å². The average Bonchev–Trinajstić information content (AvgIpc) is 2.80. The van der Waals surface area contributed by atoms with Gasteiger partial charge in [0.25, 0.3) is 0 Å². The lowest BCUT2D eigenvalue weighted by Gasteiger charge is -2.25. The van der Waals surface area contributed by atoms with Crippen LogP contribution in [0.4, 0.5) is 5.13 Å². The predicted octanol–water partition coefficient (Wildman–Crippen LogP) is 4.50. The Labute approximate surface area is 128 Å². The van der Waals surface area contributed by atoms with Gasteiger partial charge in [0.05, 0.1) is 16.6 Å². The van der Waals surface area contributed by atoms with Gasteiger partial charge < -0.3 is 4.90 Å². The molecule has 0 radical (unpaired) electrons. The summed E-state index contributed by atoms with van der Waals surface area (Å²) in [5, 5.41) is 1.58. The minimum absolute atomic E-state index is 0.0602. The van der Waals surface area contributed by atoms with E-state index in [0.29, 0.717) is 0 Å². The van der Waals surface area contributed by atoms with Gasteiger partial charge in [0.15, 0.2) is 10.9 Å². The molecule has 2 aromatic rings. The van der Waals surface area contributed by atoms with Crippen molar-refractivity contribution in [3.63, 3.8) is 0 Å². The van der Waals surface area contributed by atoms with E-state index in [4.69, 9.17) is 11.6 Å². The number of Topliss-reactive ketones (excluding diaryl/α,β-unsaturated/α-hetero) is 1. The zero-order chi connectivity index (χ0) is 14.9. The Morgan fingerprint density at radius 3 is 2.60 bits per heavy atom. The minimum Gasteiger partial charge on any atom is -0.344 e. The van der Waals surface area contributed by atoms with Gasteiger partial charge in [-0.1, -0.05) is 41.1 Å². The number of rotatable bonds is 4. The number of hydrogen-bond acceptors (Lipinski definition) is 4. The lowest BCUT2D eigenvalue weighted by molar-refractivity contribution is 0.102. The number of carbonyl (C=O) groups excluding carboxylic acids is 1. The van der Waals surface area contributed by atoms with E-state index in [2.05, 4.69) is 11.9 Å².